The van der Waals surface area contributed by atoms with Gasteiger partial charge < -0.3 is 19.5 Å². The van der Waals surface area contributed by atoms with Gasteiger partial charge in [0.2, 0.25) is 5.91 Å². The quantitative estimate of drug-likeness (QED) is 0.797. The van der Waals surface area contributed by atoms with Crippen molar-refractivity contribution in [2.75, 3.05) is 27.4 Å². The minimum atomic E-state index is -0.0594. The molecule has 0 saturated heterocycles. The normalized spacial score (nSPS) is 10.6. The van der Waals surface area contributed by atoms with E-state index in [1.165, 1.54) is 0 Å². The van der Waals surface area contributed by atoms with Crippen molar-refractivity contribution in [3.8, 4) is 11.5 Å². The molecule has 0 aliphatic carbocycles. The van der Waals surface area contributed by atoms with E-state index < -0.39 is 0 Å². The summed E-state index contributed by atoms with van der Waals surface area (Å²) in [5.74, 6) is 1.73. The number of aliphatic hydroxyl groups is 1. The van der Waals surface area contributed by atoms with Crippen LogP contribution in [0.3, 0.4) is 0 Å². The Hall–Kier alpha value is -1.75. The lowest BCUT2D eigenvalue weighted by Crippen LogP contribution is -2.33. The van der Waals surface area contributed by atoms with Crippen molar-refractivity contribution in [2.45, 2.75) is 26.8 Å². The number of hydrogen-bond acceptors (Lipinski definition) is 4. The first-order chi connectivity index (χ1) is 10.0. The van der Waals surface area contributed by atoms with E-state index in [1.54, 1.807) is 19.1 Å². The maximum atomic E-state index is 12.2. The average Bonchev–Trinajstić information content (AvgIpc) is 2.45. The number of carbonyl (C=O) groups excluding carboxylic acids is 1. The molecule has 1 aromatic rings. The second-order valence-electron chi connectivity index (χ2n) is 5.31. The molecule has 0 bridgehead atoms. The minimum Gasteiger partial charge on any atom is -0.497 e. The molecule has 1 rings (SSSR count). The molecule has 0 atom stereocenters. The molecule has 0 aliphatic heterocycles. The number of rotatable bonds is 8. The topological polar surface area (TPSA) is 59.0 Å². The van der Waals surface area contributed by atoms with E-state index in [2.05, 4.69) is 0 Å². The van der Waals surface area contributed by atoms with Crippen molar-refractivity contribution in [3.63, 3.8) is 0 Å². The summed E-state index contributed by atoms with van der Waals surface area (Å²) in [5, 5.41) is 9.18. The van der Waals surface area contributed by atoms with Gasteiger partial charge in [-0.25, -0.2) is 0 Å². The van der Waals surface area contributed by atoms with Crippen LogP contribution in [0.4, 0.5) is 0 Å². The third-order valence-electron chi connectivity index (χ3n) is 3.15. The van der Waals surface area contributed by atoms with Crippen molar-refractivity contribution in [1.82, 2.24) is 4.90 Å². The molecule has 5 heteroatoms. The Balaban J connectivity index is 2.94. The highest BCUT2D eigenvalue weighted by Crippen LogP contribution is 2.25. The largest absolute Gasteiger partial charge is 0.497 e. The lowest BCUT2D eigenvalue weighted by molar-refractivity contribution is -0.133. The molecule has 0 unspecified atom stereocenters. The first-order valence-electron chi connectivity index (χ1n) is 7.11. The van der Waals surface area contributed by atoms with Gasteiger partial charge in [-0.2, -0.15) is 0 Å². The Labute approximate surface area is 126 Å². The fourth-order valence-electron chi connectivity index (χ4n) is 2.10. The third kappa shape index (κ3) is 5.27. The van der Waals surface area contributed by atoms with Gasteiger partial charge in [0.05, 0.1) is 20.8 Å². The predicted molar refractivity (Wildman–Crippen MR) is 81.5 cm³/mol. The number of hydrogen-bond donors (Lipinski definition) is 1. The molecular formula is C16H25NO4. The predicted octanol–water partition coefficient (Wildman–Crippen LogP) is 2.07. The van der Waals surface area contributed by atoms with Crippen LogP contribution >= 0.6 is 0 Å². The Morgan fingerprint density at radius 2 is 2.00 bits per heavy atom. The van der Waals surface area contributed by atoms with Gasteiger partial charge in [-0.05, 0) is 24.1 Å². The molecule has 0 spiro atoms. The van der Waals surface area contributed by atoms with Gasteiger partial charge in [0.1, 0.15) is 11.5 Å². The van der Waals surface area contributed by atoms with Gasteiger partial charge in [-0.1, -0.05) is 13.8 Å². The summed E-state index contributed by atoms with van der Waals surface area (Å²) >= 11 is 0. The first kappa shape index (κ1) is 17.3. The van der Waals surface area contributed by atoms with E-state index in [0.29, 0.717) is 31.0 Å². The smallest absolute Gasteiger partial charge is 0.223 e. The van der Waals surface area contributed by atoms with Crippen LogP contribution in [0.1, 0.15) is 25.8 Å². The van der Waals surface area contributed by atoms with E-state index in [-0.39, 0.29) is 18.4 Å². The van der Waals surface area contributed by atoms with Gasteiger partial charge >= 0.3 is 0 Å². The molecule has 5 nitrogen and oxygen atoms in total. The molecule has 0 aromatic heterocycles. The summed E-state index contributed by atoms with van der Waals surface area (Å²) < 4.78 is 10.5. The zero-order valence-corrected chi connectivity index (χ0v) is 13.3. The Bertz CT molecular complexity index is 460. The molecule has 0 heterocycles. The van der Waals surface area contributed by atoms with Crippen LogP contribution in [0.15, 0.2) is 18.2 Å². The van der Waals surface area contributed by atoms with Crippen molar-refractivity contribution in [2.24, 2.45) is 5.92 Å². The monoisotopic (exact) mass is 295 g/mol. The van der Waals surface area contributed by atoms with Crippen LogP contribution in [-0.2, 0) is 11.3 Å². The van der Waals surface area contributed by atoms with Crippen LogP contribution in [0, 0.1) is 5.92 Å². The van der Waals surface area contributed by atoms with Crippen molar-refractivity contribution < 1.29 is 19.4 Å². The fourth-order valence-corrected chi connectivity index (χ4v) is 2.10. The second kappa shape index (κ2) is 8.52. The molecule has 0 fully saturated rings. The summed E-state index contributed by atoms with van der Waals surface area (Å²) in [6.45, 7) is 4.65. The lowest BCUT2D eigenvalue weighted by atomic mass is 10.1. The van der Waals surface area contributed by atoms with E-state index >= 15 is 0 Å². The lowest BCUT2D eigenvalue weighted by Gasteiger charge is -2.24. The zero-order valence-electron chi connectivity index (χ0n) is 13.3. The molecule has 0 saturated carbocycles. The molecule has 0 aliphatic rings. The number of nitrogens with zero attached hydrogens (tertiary/aromatic N) is 1. The van der Waals surface area contributed by atoms with Crippen molar-refractivity contribution in [1.29, 1.82) is 0 Å². The molecule has 1 amide bonds. The zero-order chi connectivity index (χ0) is 15.8. The van der Waals surface area contributed by atoms with E-state index in [1.807, 2.05) is 32.0 Å². The summed E-state index contributed by atoms with van der Waals surface area (Å²) in [4.78, 5) is 13.9. The molecular weight excluding hydrogens is 270 g/mol. The summed E-state index contributed by atoms with van der Waals surface area (Å²) in [5.41, 5.74) is 0.863. The number of carbonyl (C=O) groups is 1. The highest BCUT2D eigenvalue weighted by Gasteiger charge is 2.17. The maximum absolute atomic E-state index is 12.2. The number of amides is 1. The van der Waals surface area contributed by atoms with Crippen LogP contribution in [0.25, 0.3) is 0 Å². The number of methoxy groups -OCH3 is 2. The summed E-state index contributed by atoms with van der Waals surface area (Å²) in [6.07, 6.45) is 0.465. The third-order valence-corrected chi connectivity index (χ3v) is 3.15. The van der Waals surface area contributed by atoms with Gasteiger partial charge in [0.15, 0.2) is 0 Å². The molecule has 21 heavy (non-hydrogen) atoms. The van der Waals surface area contributed by atoms with Crippen molar-refractivity contribution >= 4 is 5.91 Å². The average molecular weight is 295 g/mol. The van der Waals surface area contributed by atoms with Crippen LogP contribution in [0.2, 0.25) is 0 Å². The van der Waals surface area contributed by atoms with Gasteiger partial charge in [0, 0.05) is 25.1 Å². The van der Waals surface area contributed by atoms with Crippen LogP contribution < -0.4 is 9.47 Å². The summed E-state index contributed by atoms with van der Waals surface area (Å²) in [7, 11) is 3.19. The maximum Gasteiger partial charge on any atom is 0.223 e. The fraction of sp³-hybridized carbons (Fsp3) is 0.562. The Morgan fingerprint density at radius 3 is 2.52 bits per heavy atom. The van der Waals surface area contributed by atoms with Crippen LogP contribution in [0.5, 0.6) is 11.5 Å². The standard InChI is InChI=1S/C16H25NO4/c1-12(2)9-16(19)17(7-8-18)11-13-10-14(20-3)5-6-15(13)21-4/h5-6,10,12,18H,7-9,11H2,1-4H3. The molecule has 0 radical (unpaired) electrons. The van der Waals surface area contributed by atoms with Gasteiger partial charge in [0.25, 0.3) is 0 Å². The number of aliphatic hydroxyl groups excluding tert-OH is 1. The second-order valence-corrected chi connectivity index (χ2v) is 5.31. The van der Waals surface area contributed by atoms with Crippen LogP contribution in [-0.4, -0.2) is 43.3 Å². The van der Waals surface area contributed by atoms with E-state index in [4.69, 9.17) is 9.47 Å². The van der Waals surface area contributed by atoms with Gasteiger partial charge in [-0.15, -0.1) is 0 Å². The van der Waals surface area contributed by atoms with E-state index in [0.717, 1.165) is 5.56 Å². The SMILES string of the molecule is COc1ccc(OC)c(CN(CCO)C(=O)CC(C)C)c1. The minimum absolute atomic E-state index is 0.0314. The molecule has 1 N–H and O–H groups in total. The number of ether oxygens (including phenoxy) is 2. The first-order valence-corrected chi connectivity index (χ1v) is 7.11. The van der Waals surface area contributed by atoms with E-state index in [9.17, 15) is 9.90 Å². The highest BCUT2D eigenvalue weighted by molar-refractivity contribution is 5.76. The Morgan fingerprint density at radius 1 is 1.29 bits per heavy atom. The molecule has 1 aromatic carbocycles. The highest BCUT2D eigenvalue weighted by atomic mass is 16.5. The molecule has 118 valence electrons. The van der Waals surface area contributed by atoms with Gasteiger partial charge in [-0.3, -0.25) is 4.79 Å². The summed E-state index contributed by atoms with van der Waals surface area (Å²) in [6, 6.07) is 5.48. The Kier molecular flexibility index (Phi) is 7.02. The number of benzene rings is 1. The van der Waals surface area contributed by atoms with Crippen molar-refractivity contribution in [3.05, 3.63) is 23.8 Å².